The van der Waals surface area contributed by atoms with Gasteiger partial charge in [0.15, 0.2) is 0 Å². The number of nitrogens with zero attached hydrogens (tertiary/aromatic N) is 2. The zero-order valence-corrected chi connectivity index (χ0v) is 34.1. The van der Waals surface area contributed by atoms with Crippen molar-refractivity contribution in [2.75, 3.05) is 4.90 Å². The molecule has 0 fully saturated rings. The van der Waals surface area contributed by atoms with Gasteiger partial charge >= 0.3 is 0 Å². The normalized spacial score (nSPS) is 11.2. The van der Waals surface area contributed by atoms with Gasteiger partial charge in [0.2, 0.25) is 0 Å². The molecule has 0 N–H and O–H groups in total. The maximum Gasteiger partial charge on any atom is 0.0562 e. The number of aromatic nitrogens is 1. The average molecular weight is 791 g/mol. The van der Waals surface area contributed by atoms with E-state index in [1.165, 1.54) is 55.3 Å². The van der Waals surface area contributed by atoms with E-state index in [2.05, 4.69) is 264 Å². The van der Waals surface area contributed by atoms with Crippen molar-refractivity contribution < 1.29 is 0 Å². The van der Waals surface area contributed by atoms with Gasteiger partial charge < -0.3 is 9.47 Å². The van der Waals surface area contributed by atoms with E-state index in [1.807, 2.05) is 0 Å². The molecule has 0 amide bonds. The van der Waals surface area contributed by atoms with Gasteiger partial charge in [-0.2, -0.15) is 0 Å². The highest BCUT2D eigenvalue weighted by Crippen LogP contribution is 2.49. The van der Waals surface area contributed by atoms with Gasteiger partial charge in [0, 0.05) is 27.6 Å². The summed E-state index contributed by atoms with van der Waals surface area (Å²) in [5.41, 5.74) is 18.5. The number of hydrogen-bond acceptors (Lipinski definition) is 1. The predicted molar refractivity (Wildman–Crippen MR) is 263 cm³/mol. The molecule has 11 aromatic rings. The maximum absolute atomic E-state index is 2.49. The van der Waals surface area contributed by atoms with E-state index >= 15 is 0 Å². The molecule has 0 atom stereocenters. The second-order valence-electron chi connectivity index (χ2n) is 15.6. The van der Waals surface area contributed by atoms with Crippen LogP contribution < -0.4 is 4.90 Å². The van der Waals surface area contributed by atoms with E-state index < -0.39 is 0 Å². The van der Waals surface area contributed by atoms with Gasteiger partial charge in [-0.1, -0.05) is 212 Å². The van der Waals surface area contributed by atoms with Gasteiger partial charge in [0.25, 0.3) is 0 Å². The number of benzene rings is 10. The van der Waals surface area contributed by atoms with E-state index in [9.17, 15) is 0 Å². The average Bonchev–Trinajstić information content (AvgIpc) is 3.70. The summed E-state index contributed by atoms with van der Waals surface area (Å²) < 4.78 is 2.47. The minimum absolute atomic E-state index is 1.08. The van der Waals surface area contributed by atoms with E-state index in [4.69, 9.17) is 0 Å². The van der Waals surface area contributed by atoms with Crippen LogP contribution in [0.3, 0.4) is 0 Å². The van der Waals surface area contributed by atoms with Gasteiger partial charge in [-0.05, 0) is 87.0 Å². The van der Waals surface area contributed by atoms with Crippen molar-refractivity contribution >= 4 is 38.9 Å². The molecule has 0 aliphatic carbocycles. The Morgan fingerprint density at radius 2 is 0.726 bits per heavy atom. The van der Waals surface area contributed by atoms with E-state index in [-0.39, 0.29) is 0 Å². The number of anilines is 3. The molecule has 0 radical (unpaired) electrons. The van der Waals surface area contributed by atoms with Gasteiger partial charge in [-0.15, -0.1) is 0 Å². The van der Waals surface area contributed by atoms with Crippen LogP contribution in [0.25, 0.3) is 83.1 Å². The highest BCUT2D eigenvalue weighted by Gasteiger charge is 2.25. The zero-order valence-electron chi connectivity index (χ0n) is 34.1. The molecule has 0 saturated heterocycles. The van der Waals surface area contributed by atoms with Crippen LogP contribution in [0.5, 0.6) is 0 Å². The first-order valence-electron chi connectivity index (χ1n) is 21.3. The van der Waals surface area contributed by atoms with Crippen molar-refractivity contribution in [2.24, 2.45) is 0 Å². The Balaban J connectivity index is 1.20. The lowest BCUT2D eigenvalue weighted by Crippen LogP contribution is -2.12. The van der Waals surface area contributed by atoms with Crippen molar-refractivity contribution in [3.05, 3.63) is 255 Å². The first-order chi connectivity index (χ1) is 30.8. The summed E-state index contributed by atoms with van der Waals surface area (Å²) in [6, 6.07) is 92.1. The van der Waals surface area contributed by atoms with Crippen molar-refractivity contribution in [3.8, 4) is 61.3 Å². The Hall–Kier alpha value is -8.20. The standard InChI is InChI=1S/C60H42N2/c1-5-22-43(23-6-1)48-30-13-14-32-51(48)52-33-16-19-36-56(52)62-57-37-20-17-34-53(57)60-58(38-21-39-59(60)62)61(55-35-18-15-31-50(55)45-26-9-3-10-27-45)47-40-41-49(44-24-7-2-8-25-44)54(42-47)46-28-11-4-12-29-46/h1-42H. The minimum atomic E-state index is 1.08. The third-order valence-corrected chi connectivity index (χ3v) is 12.0. The molecule has 0 spiro atoms. The van der Waals surface area contributed by atoms with Crippen LogP contribution >= 0.6 is 0 Å². The molecule has 2 heteroatoms. The van der Waals surface area contributed by atoms with Crippen LogP contribution in [-0.2, 0) is 0 Å². The van der Waals surface area contributed by atoms with Crippen LogP contribution in [0.4, 0.5) is 17.1 Å². The Bertz CT molecular complexity index is 3330. The highest BCUT2D eigenvalue weighted by atomic mass is 15.2. The Labute approximate surface area is 362 Å². The number of rotatable bonds is 9. The zero-order chi connectivity index (χ0) is 41.2. The fourth-order valence-electron chi connectivity index (χ4n) is 9.27. The van der Waals surface area contributed by atoms with Crippen molar-refractivity contribution in [3.63, 3.8) is 0 Å². The first kappa shape index (κ1) is 36.8. The molecule has 11 rings (SSSR count). The molecule has 292 valence electrons. The fourth-order valence-corrected chi connectivity index (χ4v) is 9.27. The number of para-hydroxylation sites is 3. The van der Waals surface area contributed by atoms with Gasteiger partial charge in [0.05, 0.1) is 28.1 Å². The van der Waals surface area contributed by atoms with Gasteiger partial charge in [-0.25, -0.2) is 0 Å². The monoisotopic (exact) mass is 790 g/mol. The van der Waals surface area contributed by atoms with Crippen molar-refractivity contribution in [1.29, 1.82) is 0 Å². The summed E-state index contributed by atoms with van der Waals surface area (Å²) in [4.78, 5) is 2.49. The third kappa shape index (κ3) is 6.56. The molecule has 2 nitrogen and oxygen atoms in total. The molecule has 10 aromatic carbocycles. The lowest BCUT2D eigenvalue weighted by molar-refractivity contribution is 1.18. The maximum atomic E-state index is 2.49. The topological polar surface area (TPSA) is 8.17 Å². The SMILES string of the molecule is c1ccc(-c2ccc(N(c3ccccc3-c3ccccc3)c3cccc4c3c3ccccc3n4-c3ccccc3-c3ccccc3-c3ccccc3)cc2-c2ccccc2)cc1. The molecule has 0 unspecified atom stereocenters. The smallest absolute Gasteiger partial charge is 0.0562 e. The summed E-state index contributed by atoms with van der Waals surface area (Å²) in [6.45, 7) is 0. The van der Waals surface area contributed by atoms with Gasteiger partial charge in [0.1, 0.15) is 0 Å². The molecule has 0 bridgehead atoms. The fraction of sp³-hybridized carbons (Fsp3) is 0. The summed E-state index contributed by atoms with van der Waals surface area (Å²) in [6.07, 6.45) is 0. The highest BCUT2D eigenvalue weighted by molar-refractivity contribution is 6.17. The lowest BCUT2D eigenvalue weighted by atomic mass is 9.93. The minimum Gasteiger partial charge on any atom is -0.309 e. The summed E-state index contributed by atoms with van der Waals surface area (Å²) in [7, 11) is 0. The Kier molecular flexibility index (Phi) is 9.57. The van der Waals surface area contributed by atoms with E-state index in [0.717, 1.165) is 44.9 Å². The second kappa shape index (κ2) is 16.1. The molecule has 0 aliphatic heterocycles. The molecule has 0 saturated carbocycles. The molecule has 0 aliphatic rings. The summed E-state index contributed by atoms with van der Waals surface area (Å²) >= 11 is 0. The lowest BCUT2D eigenvalue weighted by Gasteiger charge is -2.29. The Morgan fingerprint density at radius 1 is 0.274 bits per heavy atom. The number of fused-ring (bicyclic) bond motifs is 3. The van der Waals surface area contributed by atoms with Crippen LogP contribution in [0, 0.1) is 0 Å². The van der Waals surface area contributed by atoms with Crippen LogP contribution in [0.2, 0.25) is 0 Å². The summed E-state index contributed by atoms with van der Waals surface area (Å²) in [5, 5.41) is 2.38. The van der Waals surface area contributed by atoms with Crippen molar-refractivity contribution in [2.45, 2.75) is 0 Å². The van der Waals surface area contributed by atoms with Crippen molar-refractivity contribution in [1.82, 2.24) is 4.57 Å². The molecular formula is C60H42N2. The molecular weight excluding hydrogens is 749 g/mol. The molecule has 62 heavy (non-hydrogen) atoms. The Morgan fingerprint density at radius 3 is 1.39 bits per heavy atom. The first-order valence-corrected chi connectivity index (χ1v) is 21.3. The van der Waals surface area contributed by atoms with E-state index in [1.54, 1.807) is 0 Å². The van der Waals surface area contributed by atoms with Crippen LogP contribution in [0.1, 0.15) is 0 Å². The van der Waals surface area contributed by atoms with Crippen LogP contribution in [-0.4, -0.2) is 4.57 Å². The van der Waals surface area contributed by atoms with E-state index in [0.29, 0.717) is 0 Å². The van der Waals surface area contributed by atoms with Gasteiger partial charge in [-0.3, -0.25) is 0 Å². The largest absolute Gasteiger partial charge is 0.309 e. The second-order valence-corrected chi connectivity index (χ2v) is 15.6. The van der Waals surface area contributed by atoms with Crippen LogP contribution in [0.15, 0.2) is 255 Å². The third-order valence-electron chi connectivity index (χ3n) is 12.0. The predicted octanol–water partition coefficient (Wildman–Crippen LogP) is 16.6. The summed E-state index contributed by atoms with van der Waals surface area (Å²) in [5.74, 6) is 0. The number of hydrogen-bond donors (Lipinski definition) is 0. The molecule has 1 heterocycles. The molecule has 1 aromatic heterocycles. The quantitative estimate of drug-likeness (QED) is 0.141.